The molecule has 3 N–H and O–H groups in total. The summed E-state index contributed by atoms with van der Waals surface area (Å²) in [5.41, 5.74) is 6.91. The summed E-state index contributed by atoms with van der Waals surface area (Å²) in [6.07, 6.45) is 3.52. The van der Waals surface area contributed by atoms with Crippen molar-refractivity contribution < 1.29 is 5.11 Å². The summed E-state index contributed by atoms with van der Waals surface area (Å²) in [5, 5.41) is 9.93. The average Bonchev–Trinajstić information content (AvgIpc) is 2.96. The van der Waals surface area contributed by atoms with Crippen LogP contribution < -0.4 is 5.73 Å². The van der Waals surface area contributed by atoms with Gasteiger partial charge < -0.3 is 10.8 Å². The van der Waals surface area contributed by atoms with Gasteiger partial charge in [0.15, 0.2) is 0 Å². The predicted octanol–water partition coefficient (Wildman–Crippen LogP) is 4.14. The monoisotopic (exact) mass is 369 g/mol. The van der Waals surface area contributed by atoms with E-state index < -0.39 is 0 Å². The maximum Gasteiger partial charge on any atom is 0.135 e. The molecule has 0 unspecified atom stereocenters. The normalized spacial score (nSPS) is 16.7. The minimum atomic E-state index is -0.0793. The molecule has 1 aliphatic carbocycles. The number of phenols is 1. The third-order valence-corrected chi connectivity index (χ3v) is 4.10. The number of benzene rings is 1. The van der Waals surface area contributed by atoms with Crippen molar-refractivity contribution in [2.24, 2.45) is 11.7 Å². The molecule has 1 aliphatic rings. The van der Waals surface area contributed by atoms with Gasteiger partial charge in [-0.15, -0.1) is 12.4 Å². The lowest BCUT2D eigenvalue weighted by Crippen LogP contribution is -2.12. The van der Waals surface area contributed by atoms with Gasteiger partial charge in [0.25, 0.3) is 0 Å². The number of nitrogens with two attached hydrogens (primary N) is 1. The Bertz CT molecular complexity index is 382. The lowest BCUT2D eigenvalue weighted by Gasteiger charge is -2.16. The summed E-state index contributed by atoms with van der Waals surface area (Å²) in [7, 11) is 0. The highest BCUT2D eigenvalue weighted by Gasteiger charge is 2.27. The van der Waals surface area contributed by atoms with Crippen molar-refractivity contribution in [1.29, 1.82) is 0 Å². The van der Waals surface area contributed by atoms with Gasteiger partial charge in [0, 0.05) is 16.1 Å². The predicted molar refractivity (Wildman–Crippen MR) is 75.0 cm³/mol. The lowest BCUT2D eigenvalue weighted by atomic mass is 10.0. The Kier molecular flexibility index (Phi) is 5.10. The standard InChI is InChI=1S/C11H13Br2NO.ClH/c12-7-3-4-8(13)11(15)10(7)9(14)5-6-1-2-6;/h3-4,6,9,15H,1-2,5,14H2;1H/t9-;/m0./s1. The van der Waals surface area contributed by atoms with Crippen molar-refractivity contribution in [3.05, 3.63) is 26.6 Å². The Morgan fingerprint density at radius 1 is 1.31 bits per heavy atom. The van der Waals surface area contributed by atoms with Crippen LogP contribution in [0.5, 0.6) is 5.75 Å². The Labute approximate surface area is 118 Å². The van der Waals surface area contributed by atoms with Gasteiger partial charge in [-0.3, -0.25) is 0 Å². The summed E-state index contributed by atoms with van der Waals surface area (Å²) >= 11 is 6.74. The molecule has 1 fully saturated rings. The zero-order valence-corrected chi connectivity index (χ0v) is 12.6. The molecule has 0 aliphatic heterocycles. The fraction of sp³-hybridized carbons (Fsp3) is 0.455. The van der Waals surface area contributed by atoms with Crippen LogP contribution in [0, 0.1) is 5.92 Å². The molecular weight excluding hydrogens is 357 g/mol. The van der Waals surface area contributed by atoms with Crippen LogP contribution in [0.15, 0.2) is 21.1 Å². The molecular formula is C11H14Br2ClNO. The number of rotatable bonds is 3. The van der Waals surface area contributed by atoms with Crippen molar-refractivity contribution in [3.63, 3.8) is 0 Å². The number of phenolic OH excluding ortho intramolecular Hbond substituents is 1. The maximum atomic E-state index is 9.93. The van der Waals surface area contributed by atoms with Gasteiger partial charge in [0.05, 0.1) is 4.47 Å². The summed E-state index contributed by atoms with van der Waals surface area (Å²) in [6, 6.07) is 3.64. The van der Waals surface area contributed by atoms with Crippen LogP contribution in [0.25, 0.3) is 0 Å². The lowest BCUT2D eigenvalue weighted by molar-refractivity contribution is 0.451. The summed E-state index contributed by atoms with van der Waals surface area (Å²) in [6.45, 7) is 0. The van der Waals surface area contributed by atoms with Crippen molar-refractivity contribution in [1.82, 2.24) is 0 Å². The van der Waals surface area contributed by atoms with Crippen LogP contribution in [-0.4, -0.2) is 5.11 Å². The highest BCUT2D eigenvalue weighted by Crippen LogP contribution is 2.42. The van der Waals surface area contributed by atoms with Crippen molar-refractivity contribution in [2.75, 3.05) is 0 Å². The van der Waals surface area contributed by atoms with Gasteiger partial charge in [-0.2, -0.15) is 0 Å². The van der Waals surface area contributed by atoms with E-state index in [1.54, 1.807) is 0 Å². The van der Waals surface area contributed by atoms with Gasteiger partial charge in [-0.05, 0) is 40.4 Å². The molecule has 0 bridgehead atoms. The first kappa shape index (κ1) is 14.3. The first-order valence-corrected chi connectivity index (χ1v) is 6.60. The van der Waals surface area contributed by atoms with Crippen molar-refractivity contribution in [2.45, 2.75) is 25.3 Å². The molecule has 16 heavy (non-hydrogen) atoms. The molecule has 90 valence electrons. The Morgan fingerprint density at radius 3 is 2.44 bits per heavy atom. The van der Waals surface area contributed by atoms with Gasteiger partial charge >= 0.3 is 0 Å². The van der Waals surface area contributed by atoms with E-state index in [4.69, 9.17) is 5.73 Å². The molecule has 0 radical (unpaired) electrons. The second-order valence-corrected chi connectivity index (χ2v) is 5.79. The Balaban J connectivity index is 0.00000128. The van der Waals surface area contributed by atoms with E-state index >= 15 is 0 Å². The number of hydrogen-bond acceptors (Lipinski definition) is 2. The molecule has 0 heterocycles. The van der Waals surface area contributed by atoms with E-state index in [0.29, 0.717) is 4.47 Å². The number of hydrogen-bond donors (Lipinski definition) is 2. The molecule has 0 amide bonds. The second-order valence-electron chi connectivity index (χ2n) is 4.08. The first-order valence-electron chi connectivity index (χ1n) is 5.02. The average molecular weight is 372 g/mol. The number of aromatic hydroxyl groups is 1. The summed E-state index contributed by atoms with van der Waals surface area (Å²) in [5.74, 6) is 1.02. The number of halogens is 3. The summed E-state index contributed by atoms with van der Waals surface area (Å²) in [4.78, 5) is 0. The van der Waals surface area contributed by atoms with Crippen LogP contribution in [-0.2, 0) is 0 Å². The van der Waals surface area contributed by atoms with Crippen LogP contribution in [0.2, 0.25) is 0 Å². The fourth-order valence-electron chi connectivity index (χ4n) is 1.74. The largest absolute Gasteiger partial charge is 0.506 e. The Hall–Kier alpha value is 0.230. The van der Waals surface area contributed by atoms with E-state index in [-0.39, 0.29) is 24.2 Å². The van der Waals surface area contributed by atoms with E-state index in [2.05, 4.69) is 31.9 Å². The topological polar surface area (TPSA) is 46.2 Å². The smallest absolute Gasteiger partial charge is 0.135 e. The van der Waals surface area contributed by atoms with Crippen LogP contribution >= 0.6 is 44.3 Å². The molecule has 0 spiro atoms. The molecule has 1 aromatic carbocycles. The minimum absolute atomic E-state index is 0. The quantitative estimate of drug-likeness (QED) is 0.839. The zero-order valence-electron chi connectivity index (χ0n) is 8.62. The van der Waals surface area contributed by atoms with E-state index in [1.165, 1.54) is 12.8 Å². The Morgan fingerprint density at radius 2 is 1.88 bits per heavy atom. The maximum absolute atomic E-state index is 9.93. The van der Waals surface area contributed by atoms with Gasteiger partial charge in [0.2, 0.25) is 0 Å². The highest BCUT2D eigenvalue weighted by molar-refractivity contribution is 9.11. The van der Waals surface area contributed by atoms with Crippen molar-refractivity contribution >= 4 is 44.3 Å². The molecule has 2 nitrogen and oxygen atoms in total. The fourth-order valence-corrected chi connectivity index (χ4v) is 2.70. The van der Waals surface area contributed by atoms with Crippen LogP contribution in [0.4, 0.5) is 0 Å². The zero-order chi connectivity index (χ0) is 11.0. The minimum Gasteiger partial charge on any atom is -0.506 e. The van der Waals surface area contributed by atoms with E-state index in [0.717, 1.165) is 22.4 Å². The molecule has 1 atom stereocenters. The summed E-state index contributed by atoms with van der Waals surface area (Å²) < 4.78 is 1.59. The van der Waals surface area contributed by atoms with Crippen LogP contribution in [0.1, 0.15) is 30.9 Å². The molecule has 2 rings (SSSR count). The second kappa shape index (κ2) is 5.71. The SMILES string of the molecule is Cl.N[C@@H](CC1CC1)c1c(Br)ccc(Br)c1O. The van der Waals surface area contributed by atoms with Crippen molar-refractivity contribution in [3.8, 4) is 5.75 Å². The molecule has 5 heteroatoms. The van der Waals surface area contributed by atoms with Crippen LogP contribution in [0.3, 0.4) is 0 Å². The van der Waals surface area contributed by atoms with E-state index in [9.17, 15) is 5.11 Å². The highest BCUT2D eigenvalue weighted by atomic mass is 79.9. The third kappa shape index (κ3) is 3.13. The molecule has 1 saturated carbocycles. The van der Waals surface area contributed by atoms with E-state index in [1.807, 2.05) is 12.1 Å². The van der Waals surface area contributed by atoms with Gasteiger partial charge in [-0.1, -0.05) is 28.8 Å². The molecule has 0 saturated heterocycles. The third-order valence-electron chi connectivity index (χ3n) is 2.77. The molecule has 0 aromatic heterocycles. The van der Waals surface area contributed by atoms with Gasteiger partial charge in [-0.25, -0.2) is 0 Å². The first-order chi connectivity index (χ1) is 7.09. The van der Waals surface area contributed by atoms with Gasteiger partial charge in [0.1, 0.15) is 5.75 Å². The molecule has 1 aromatic rings.